The zero-order valence-corrected chi connectivity index (χ0v) is 14.7. The predicted octanol–water partition coefficient (Wildman–Crippen LogP) is 3.04. The lowest BCUT2D eigenvalue weighted by Gasteiger charge is -2.37. The van der Waals surface area contributed by atoms with Gasteiger partial charge in [0, 0.05) is 44.0 Å². The summed E-state index contributed by atoms with van der Waals surface area (Å²) in [5, 5.41) is 0. The summed E-state index contributed by atoms with van der Waals surface area (Å²) in [6, 6.07) is 21.1. The van der Waals surface area contributed by atoms with Crippen molar-refractivity contribution in [1.82, 2.24) is 4.90 Å². The Labute approximate surface area is 149 Å². The second kappa shape index (κ2) is 7.28. The minimum atomic E-state index is 0.141. The molecule has 0 amide bonds. The molecule has 2 aromatic carbocycles. The fourth-order valence-electron chi connectivity index (χ4n) is 3.55. The summed E-state index contributed by atoms with van der Waals surface area (Å²) < 4.78 is 6.00. The van der Waals surface area contributed by atoms with Gasteiger partial charge in [-0.05, 0) is 31.2 Å². The van der Waals surface area contributed by atoms with E-state index >= 15 is 0 Å². The molecule has 2 heterocycles. The summed E-state index contributed by atoms with van der Waals surface area (Å²) in [4.78, 5) is 9.83. The third-order valence-corrected chi connectivity index (χ3v) is 5.08. The van der Waals surface area contributed by atoms with E-state index in [4.69, 9.17) is 9.73 Å². The minimum Gasteiger partial charge on any atom is -0.472 e. The van der Waals surface area contributed by atoms with E-state index in [0.29, 0.717) is 0 Å². The van der Waals surface area contributed by atoms with Gasteiger partial charge in [-0.25, -0.2) is 4.99 Å². The molecule has 130 valence electrons. The van der Waals surface area contributed by atoms with Crippen LogP contribution in [-0.2, 0) is 4.74 Å². The number of aliphatic imine (C=N–C) groups is 1. The number of ether oxygens (including phenoxy) is 1. The number of piperazine rings is 1. The normalized spacial score (nSPS) is 24.0. The Hall–Kier alpha value is -2.33. The summed E-state index contributed by atoms with van der Waals surface area (Å²) in [5.74, 6) is 0.793. The van der Waals surface area contributed by atoms with Gasteiger partial charge in [0.05, 0.1) is 0 Å². The second-order valence-corrected chi connectivity index (χ2v) is 6.81. The molecule has 0 unspecified atom stereocenters. The third-order valence-electron chi connectivity index (χ3n) is 5.08. The highest BCUT2D eigenvalue weighted by atomic mass is 16.5. The first-order chi connectivity index (χ1) is 12.3. The summed E-state index contributed by atoms with van der Waals surface area (Å²) >= 11 is 0. The number of benzene rings is 2. The van der Waals surface area contributed by atoms with Crippen LogP contribution in [-0.4, -0.2) is 55.7 Å². The molecule has 0 N–H and O–H groups in total. The zero-order chi connectivity index (χ0) is 17.1. The molecule has 4 nitrogen and oxygen atoms in total. The topological polar surface area (TPSA) is 28.1 Å². The van der Waals surface area contributed by atoms with Crippen molar-refractivity contribution in [1.29, 1.82) is 0 Å². The molecule has 0 aliphatic carbocycles. The Bertz CT molecular complexity index is 708. The van der Waals surface area contributed by atoms with E-state index in [1.807, 2.05) is 18.2 Å². The van der Waals surface area contributed by atoms with Gasteiger partial charge >= 0.3 is 0 Å². The highest BCUT2D eigenvalue weighted by Gasteiger charge is 2.30. The maximum Gasteiger partial charge on any atom is 0.216 e. The summed E-state index contributed by atoms with van der Waals surface area (Å²) in [6.07, 6.45) is 0.141. The van der Waals surface area contributed by atoms with Crippen LogP contribution in [0.3, 0.4) is 0 Å². The predicted molar refractivity (Wildman–Crippen MR) is 102 cm³/mol. The first-order valence-electron chi connectivity index (χ1n) is 9.12. The summed E-state index contributed by atoms with van der Waals surface area (Å²) in [5.41, 5.74) is 2.40. The molecule has 0 saturated carbocycles. The molecule has 0 bridgehead atoms. The molecule has 0 radical (unpaired) electrons. The minimum absolute atomic E-state index is 0.141. The lowest BCUT2D eigenvalue weighted by atomic mass is 10.1. The highest BCUT2D eigenvalue weighted by molar-refractivity contribution is 5.95. The monoisotopic (exact) mass is 335 g/mol. The molecule has 2 aromatic rings. The maximum absolute atomic E-state index is 6.00. The van der Waals surface area contributed by atoms with Crippen LogP contribution in [0.25, 0.3) is 0 Å². The Morgan fingerprint density at radius 1 is 0.920 bits per heavy atom. The molecule has 1 fully saturated rings. The lowest BCUT2D eigenvalue weighted by molar-refractivity contribution is 0.169. The van der Waals surface area contributed by atoms with Crippen LogP contribution in [0.4, 0.5) is 5.69 Å². The molecular weight excluding hydrogens is 310 g/mol. The van der Waals surface area contributed by atoms with Gasteiger partial charge in [0.2, 0.25) is 5.90 Å². The maximum atomic E-state index is 6.00. The van der Waals surface area contributed by atoms with Crippen molar-refractivity contribution < 1.29 is 4.74 Å². The van der Waals surface area contributed by atoms with Crippen molar-refractivity contribution in [2.24, 2.45) is 4.99 Å². The van der Waals surface area contributed by atoms with Crippen LogP contribution >= 0.6 is 0 Å². The molecule has 25 heavy (non-hydrogen) atoms. The number of nitrogens with zero attached hydrogens (tertiary/aromatic N) is 3. The molecule has 0 spiro atoms. The van der Waals surface area contributed by atoms with Crippen molar-refractivity contribution >= 4 is 11.6 Å². The Balaban J connectivity index is 1.35. The molecule has 1 saturated heterocycles. The van der Waals surface area contributed by atoms with Crippen LogP contribution in [0.1, 0.15) is 12.5 Å². The fraction of sp³-hybridized carbons (Fsp3) is 0.381. The van der Waals surface area contributed by atoms with E-state index in [1.54, 1.807) is 0 Å². The average Bonchev–Trinajstić information content (AvgIpc) is 3.04. The van der Waals surface area contributed by atoms with Gasteiger partial charge in [-0.3, -0.25) is 4.90 Å². The molecule has 4 rings (SSSR count). The largest absolute Gasteiger partial charge is 0.472 e. The summed E-state index contributed by atoms with van der Waals surface area (Å²) in [7, 11) is 0. The van der Waals surface area contributed by atoms with Crippen LogP contribution in [0.5, 0.6) is 0 Å². The van der Waals surface area contributed by atoms with E-state index in [0.717, 1.165) is 44.2 Å². The van der Waals surface area contributed by atoms with Crippen molar-refractivity contribution in [3.05, 3.63) is 66.2 Å². The van der Waals surface area contributed by atoms with Crippen LogP contribution in [0.15, 0.2) is 65.7 Å². The van der Waals surface area contributed by atoms with Crippen molar-refractivity contribution in [2.45, 2.75) is 19.1 Å². The van der Waals surface area contributed by atoms with Crippen molar-refractivity contribution in [3.63, 3.8) is 0 Å². The van der Waals surface area contributed by atoms with Crippen LogP contribution < -0.4 is 4.90 Å². The van der Waals surface area contributed by atoms with E-state index < -0.39 is 0 Å². The first kappa shape index (κ1) is 16.2. The lowest BCUT2D eigenvalue weighted by Crippen LogP contribution is -2.49. The van der Waals surface area contributed by atoms with Gasteiger partial charge in [0.25, 0.3) is 0 Å². The molecule has 2 aliphatic heterocycles. The number of para-hydroxylation sites is 1. The third kappa shape index (κ3) is 3.69. The van der Waals surface area contributed by atoms with Crippen molar-refractivity contribution in [3.8, 4) is 0 Å². The SMILES string of the molecule is C[C@@H]1OC(c2ccccc2)=N[C@@H]1CN1CCN(c2ccccc2)CC1. The smallest absolute Gasteiger partial charge is 0.216 e. The Morgan fingerprint density at radius 2 is 1.56 bits per heavy atom. The second-order valence-electron chi connectivity index (χ2n) is 6.81. The van der Waals surface area contributed by atoms with Gasteiger partial charge in [-0.1, -0.05) is 36.4 Å². The van der Waals surface area contributed by atoms with Gasteiger partial charge in [-0.2, -0.15) is 0 Å². The first-order valence-corrected chi connectivity index (χ1v) is 9.12. The van der Waals surface area contributed by atoms with E-state index in [-0.39, 0.29) is 12.1 Å². The Morgan fingerprint density at radius 3 is 2.24 bits per heavy atom. The summed E-state index contributed by atoms with van der Waals surface area (Å²) in [6.45, 7) is 7.40. The van der Waals surface area contributed by atoms with E-state index in [1.165, 1.54) is 5.69 Å². The zero-order valence-electron chi connectivity index (χ0n) is 14.7. The average molecular weight is 335 g/mol. The highest BCUT2D eigenvalue weighted by Crippen LogP contribution is 2.21. The molecule has 2 atom stereocenters. The van der Waals surface area contributed by atoms with Gasteiger partial charge in [0.15, 0.2) is 0 Å². The number of hydrogen-bond donors (Lipinski definition) is 0. The van der Waals surface area contributed by atoms with E-state index in [9.17, 15) is 0 Å². The van der Waals surface area contributed by atoms with Crippen LogP contribution in [0, 0.1) is 0 Å². The van der Waals surface area contributed by atoms with Crippen LogP contribution in [0.2, 0.25) is 0 Å². The molecular formula is C21H25N3O. The molecule has 2 aliphatic rings. The fourth-order valence-corrected chi connectivity index (χ4v) is 3.55. The molecule has 0 aromatic heterocycles. The number of rotatable bonds is 4. The van der Waals surface area contributed by atoms with Gasteiger partial charge < -0.3 is 9.64 Å². The number of hydrogen-bond acceptors (Lipinski definition) is 4. The van der Waals surface area contributed by atoms with Gasteiger partial charge in [-0.15, -0.1) is 0 Å². The van der Waals surface area contributed by atoms with Gasteiger partial charge in [0.1, 0.15) is 12.1 Å². The van der Waals surface area contributed by atoms with Crippen molar-refractivity contribution in [2.75, 3.05) is 37.6 Å². The standard InChI is InChI=1S/C21H25N3O/c1-17-20(22-21(25-17)18-8-4-2-5-9-18)16-23-12-14-24(15-13-23)19-10-6-3-7-11-19/h2-11,17,20H,12-16H2,1H3/t17-,20+/m0/s1. The quantitative estimate of drug-likeness (QED) is 0.860. The van der Waals surface area contributed by atoms with E-state index in [2.05, 4.69) is 59.2 Å². The number of anilines is 1. The Kier molecular flexibility index (Phi) is 4.70. The molecule has 4 heteroatoms.